The molecule has 0 N–H and O–H groups in total. The Labute approximate surface area is 358 Å². The van der Waals surface area contributed by atoms with Gasteiger partial charge in [0.05, 0.1) is 34.6 Å². The summed E-state index contributed by atoms with van der Waals surface area (Å²) < 4.78 is 2.42. The van der Waals surface area contributed by atoms with Gasteiger partial charge >= 0.3 is 0 Å². The molecule has 8 aromatic rings. The van der Waals surface area contributed by atoms with Crippen molar-refractivity contribution in [2.75, 3.05) is 0 Å². The Morgan fingerprint density at radius 3 is 1.47 bits per heavy atom. The highest BCUT2D eigenvalue weighted by molar-refractivity contribution is 6.70. The first-order chi connectivity index (χ1) is 27.4. The fourth-order valence-corrected chi connectivity index (χ4v) is 9.56. The molecule has 0 atom stereocenters. The first-order valence-corrected chi connectivity index (χ1v) is 21.1. The van der Waals surface area contributed by atoms with Crippen molar-refractivity contribution in [2.24, 2.45) is 0 Å². The van der Waals surface area contributed by atoms with E-state index >= 15 is 0 Å². The number of nitrogens with zero attached hydrogens (tertiary/aromatic N) is 2. The molecule has 264 valence electrons. The zero-order valence-corrected chi connectivity index (χ0v) is 37.6. The van der Waals surface area contributed by atoms with Crippen LogP contribution in [0.2, 0.25) is 5.11 Å². The summed E-state index contributed by atoms with van der Waals surface area (Å²) in [5.41, 5.74) is 24.8. The number of para-hydroxylation sites is 2. The Morgan fingerprint density at radius 1 is 0.397 bits per heavy atom. The maximum Gasteiger partial charge on any atom is 0.139 e. The Balaban J connectivity index is 1.51. The molecule has 0 saturated carbocycles. The van der Waals surface area contributed by atoms with E-state index in [1.807, 2.05) is 0 Å². The molecular weight excluding hydrogens is 683 g/mol. The fourth-order valence-electron chi connectivity index (χ4n) is 9.56. The van der Waals surface area contributed by atoms with Crippen molar-refractivity contribution in [3.63, 3.8) is 0 Å². The summed E-state index contributed by atoms with van der Waals surface area (Å²) >= 11 is 0. The van der Waals surface area contributed by atoms with Gasteiger partial charge in [0.15, 0.2) is 0 Å². The molecule has 17 heteroatoms. The predicted molar refractivity (Wildman–Crippen MR) is 301 cm³/mol. The second-order valence-electron chi connectivity index (χ2n) is 18.7. The second-order valence-corrected chi connectivity index (χ2v) is 18.7. The van der Waals surface area contributed by atoms with Gasteiger partial charge in [0.2, 0.25) is 0 Å². The van der Waals surface area contributed by atoms with Gasteiger partial charge in [-0.25, -0.2) is 4.98 Å². The van der Waals surface area contributed by atoms with Crippen molar-refractivity contribution in [1.82, 2.24) is 9.55 Å². The van der Waals surface area contributed by atoms with Crippen molar-refractivity contribution >= 4 is 205 Å². The van der Waals surface area contributed by atoms with Gasteiger partial charge in [0.1, 0.15) is 100.0 Å². The van der Waals surface area contributed by atoms with E-state index < -0.39 is 0 Å². The van der Waals surface area contributed by atoms with Gasteiger partial charge in [0, 0.05) is 5.69 Å². The Bertz CT molecular complexity index is 2980. The molecular formula is C41H45B15N2. The number of imidazole rings is 1. The zero-order valence-electron chi connectivity index (χ0n) is 37.6. The lowest BCUT2D eigenvalue weighted by Gasteiger charge is -2.39. The average molecular weight is 728 g/mol. The molecule has 0 fully saturated rings. The summed E-state index contributed by atoms with van der Waals surface area (Å²) in [6.07, 6.45) is 0. The highest BCUT2D eigenvalue weighted by Crippen LogP contribution is 2.45. The predicted octanol–water partition coefficient (Wildman–Crippen LogP) is -11.7. The van der Waals surface area contributed by atoms with Crippen LogP contribution in [0.25, 0.3) is 71.6 Å². The van der Waals surface area contributed by atoms with E-state index in [2.05, 4.69) is 213 Å². The molecule has 1 heterocycles. The second kappa shape index (κ2) is 14.4. The largest absolute Gasteiger partial charge is 0.297 e. The van der Waals surface area contributed by atoms with Crippen LogP contribution in [0, 0.1) is 0 Å². The lowest BCUT2D eigenvalue weighted by Crippen LogP contribution is -2.55. The standard InChI is InChI=1S/C41H45B15N2/c42-29-26(30(43)34(47)37(50)33(29)46)17-12-13-21-22(15-17)27(28-31(44)35(48)38(51)36(49)32(28)45)20-9-2-1-8-19(20)25(21)16-6-5-7-18(14-16)58-24-11-4-3-10-23(24)57-39(58)40(52,53)41(54,55)56/h1-15H,42-56H2. The monoisotopic (exact) mass is 730 g/mol. The van der Waals surface area contributed by atoms with Crippen LogP contribution in [0.3, 0.4) is 0 Å². The summed E-state index contributed by atoms with van der Waals surface area (Å²) in [4.78, 5) is 5.34. The van der Waals surface area contributed by atoms with Gasteiger partial charge in [-0.2, -0.15) is 0 Å². The molecule has 2 nitrogen and oxygen atoms in total. The van der Waals surface area contributed by atoms with E-state index in [-0.39, 0.29) is 10.3 Å². The van der Waals surface area contributed by atoms with E-state index in [0.717, 1.165) is 22.5 Å². The van der Waals surface area contributed by atoms with Gasteiger partial charge in [-0.15, -0.1) is 37.9 Å². The average Bonchev–Trinajstić information content (AvgIpc) is 3.61. The molecule has 0 amide bonds. The number of fused-ring (bicyclic) bond motifs is 3. The van der Waals surface area contributed by atoms with Crippen molar-refractivity contribution in [3.05, 3.63) is 96.8 Å². The summed E-state index contributed by atoms with van der Waals surface area (Å²) in [6, 6.07) is 34.3. The number of benzene rings is 7. The highest BCUT2D eigenvalue weighted by atomic mass is 15.1. The molecule has 0 saturated heterocycles. The van der Waals surface area contributed by atoms with Crippen LogP contribution < -0.4 is 54.6 Å². The minimum absolute atomic E-state index is 0.0160. The molecule has 58 heavy (non-hydrogen) atoms. The quantitative estimate of drug-likeness (QED) is 0.123. The van der Waals surface area contributed by atoms with Crippen LogP contribution in [0.1, 0.15) is 5.82 Å². The Kier molecular flexibility index (Phi) is 9.97. The minimum atomic E-state index is -0.206. The summed E-state index contributed by atoms with van der Waals surface area (Å²) in [5.74, 6) is 1.08. The summed E-state index contributed by atoms with van der Waals surface area (Å²) in [7, 11) is 34.7. The van der Waals surface area contributed by atoms with Crippen LogP contribution in [0.15, 0.2) is 91.0 Å². The normalized spacial score (nSPS) is 12.1. The van der Waals surface area contributed by atoms with Gasteiger partial charge in [-0.1, -0.05) is 82.5 Å². The van der Waals surface area contributed by atoms with Crippen molar-refractivity contribution in [2.45, 2.75) is 10.3 Å². The molecule has 0 radical (unpaired) electrons. The lowest BCUT2D eigenvalue weighted by molar-refractivity contribution is 0.757. The first-order valence-electron chi connectivity index (χ1n) is 21.1. The Hall–Kier alpha value is -4.50. The van der Waals surface area contributed by atoms with Crippen molar-refractivity contribution in [1.29, 1.82) is 0 Å². The topological polar surface area (TPSA) is 17.8 Å². The Morgan fingerprint density at radius 2 is 0.879 bits per heavy atom. The number of hydrogen-bond donors (Lipinski definition) is 0. The smallest absolute Gasteiger partial charge is 0.139 e. The van der Waals surface area contributed by atoms with E-state index in [9.17, 15) is 0 Å². The van der Waals surface area contributed by atoms with E-state index in [1.165, 1.54) is 110 Å². The maximum absolute atomic E-state index is 5.34. The minimum Gasteiger partial charge on any atom is -0.297 e. The van der Waals surface area contributed by atoms with E-state index in [4.69, 9.17) is 4.98 Å². The molecule has 0 aliphatic heterocycles. The molecule has 0 aliphatic carbocycles. The van der Waals surface area contributed by atoms with E-state index in [1.54, 1.807) is 0 Å². The molecule has 7 aromatic carbocycles. The van der Waals surface area contributed by atoms with Gasteiger partial charge in [-0.05, 0) is 90.5 Å². The van der Waals surface area contributed by atoms with Crippen LogP contribution in [-0.2, 0) is 5.21 Å². The molecule has 0 aliphatic rings. The summed E-state index contributed by atoms with van der Waals surface area (Å²) in [6.45, 7) is 0. The number of rotatable bonds is 6. The van der Waals surface area contributed by atoms with Gasteiger partial charge in [-0.3, -0.25) is 4.57 Å². The van der Waals surface area contributed by atoms with Crippen molar-refractivity contribution < 1.29 is 0 Å². The van der Waals surface area contributed by atoms with Crippen LogP contribution in [0.5, 0.6) is 0 Å². The van der Waals surface area contributed by atoms with Crippen LogP contribution in [0.4, 0.5) is 0 Å². The molecule has 1 aromatic heterocycles. The van der Waals surface area contributed by atoms with Gasteiger partial charge in [0.25, 0.3) is 0 Å². The lowest BCUT2D eigenvalue weighted by atomic mass is 9.23. The van der Waals surface area contributed by atoms with Gasteiger partial charge < -0.3 is 0 Å². The van der Waals surface area contributed by atoms with Crippen LogP contribution >= 0.6 is 0 Å². The molecule has 8 rings (SSSR count). The van der Waals surface area contributed by atoms with E-state index in [0.29, 0.717) is 0 Å². The fraction of sp³-hybridized carbons (Fsp3) is 0.0488. The SMILES string of the molecule is Bc1c(B)c(B)c(-c2ccc3c(-c4cccc(-n5c(C(B)(B)C(B)(B)B)nc6ccccc65)c4)c4ccccc4c(-c4c(B)c(B)c(B)c(B)c4B)c3c2)c(B)c1B. The third-order valence-electron chi connectivity index (χ3n) is 15.0. The van der Waals surface area contributed by atoms with Crippen LogP contribution in [-0.4, -0.2) is 127 Å². The summed E-state index contributed by atoms with van der Waals surface area (Å²) in [5, 5.41) is 4.90. The highest BCUT2D eigenvalue weighted by Gasteiger charge is 2.38. The first kappa shape index (κ1) is 40.3. The zero-order chi connectivity index (χ0) is 41.7. The van der Waals surface area contributed by atoms with Crippen molar-refractivity contribution in [3.8, 4) is 39.1 Å². The maximum atomic E-state index is 5.34. The third-order valence-corrected chi connectivity index (χ3v) is 15.0. The third kappa shape index (κ3) is 6.04. The molecule has 0 spiro atoms. The molecule has 0 bridgehead atoms. The molecule has 0 unspecified atom stereocenters. The number of aromatic nitrogens is 2. The number of hydrogen-bond acceptors (Lipinski definition) is 1.